The van der Waals surface area contributed by atoms with Crippen LogP contribution in [0, 0.1) is 0 Å². The van der Waals surface area contributed by atoms with Gasteiger partial charge in [0, 0.05) is 53.4 Å². The Hall–Kier alpha value is -7.67. The molecule has 2 aliphatic heterocycles. The van der Waals surface area contributed by atoms with E-state index in [1.807, 2.05) is 42.5 Å². The number of carbonyl (C=O) groups excluding carboxylic acids is 6. The number of benzene rings is 4. The van der Waals surface area contributed by atoms with Crippen molar-refractivity contribution in [1.82, 2.24) is 20.5 Å². The predicted octanol–water partition coefficient (Wildman–Crippen LogP) is 5.99. The molecule has 3 atom stereocenters. The number of fused-ring (bicyclic) bond motifs is 1. The Morgan fingerprint density at radius 1 is 0.776 bits per heavy atom. The molecule has 0 spiro atoms. The molecule has 58 heavy (non-hydrogen) atoms. The molecule has 1 saturated heterocycles. The third kappa shape index (κ3) is 7.48. The van der Waals surface area contributed by atoms with Crippen molar-refractivity contribution < 1.29 is 33.2 Å². The maximum Gasteiger partial charge on any atom is 0.294 e. The number of furan rings is 1. The van der Waals surface area contributed by atoms with E-state index in [9.17, 15) is 28.8 Å². The van der Waals surface area contributed by atoms with Gasteiger partial charge in [0.05, 0.1) is 6.26 Å². The Kier molecular flexibility index (Phi) is 10.4. The number of pyridine rings is 1. The fourth-order valence-corrected chi connectivity index (χ4v) is 7.38. The van der Waals surface area contributed by atoms with Crippen LogP contribution in [0.1, 0.15) is 62.5 Å². The van der Waals surface area contributed by atoms with Crippen LogP contribution in [0.5, 0.6) is 0 Å². The van der Waals surface area contributed by atoms with Crippen LogP contribution in [0.25, 0.3) is 11.1 Å². The van der Waals surface area contributed by atoms with Crippen molar-refractivity contribution >= 4 is 46.8 Å². The second-order valence-electron chi connectivity index (χ2n) is 13.8. The van der Waals surface area contributed by atoms with Gasteiger partial charge in [-0.15, -0.1) is 0 Å². The van der Waals surface area contributed by atoms with E-state index in [-0.39, 0.29) is 25.1 Å². The first kappa shape index (κ1) is 37.3. The topological polar surface area (TPSA) is 171 Å². The molecule has 0 saturated carbocycles. The van der Waals surface area contributed by atoms with Crippen molar-refractivity contribution in [1.29, 1.82) is 0 Å². The zero-order valence-corrected chi connectivity index (χ0v) is 30.9. The quantitative estimate of drug-likeness (QED) is 0.135. The van der Waals surface area contributed by atoms with Crippen LogP contribution in [0.3, 0.4) is 0 Å². The van der Waals surface area contributed by atoms with Crippen molar-refractivity contribution in [2.75, 3.05) is 10.2 Å². The minimum absolute atomic E-state index is 0.00925. The first-order valence-corrected chi connectivity index (χ1v) is 18.6. The van der Waals surface area contributed by atoms with Gasteiger partial charge in [0.2, 0.25) is 17.7 Å². The van der Waals surface area contributed by atoms with Gasteiger partial charge in [-0.1, -0.05) is 84.9 Å². The fourth-order valence-electron chi connectivity index (χ4n) is 7.38. The van der Waals surface area contributed by atoms with E-state index in [0.29, 0.717) is 33.6 Å². The number of nitrogens with zero attached hydrogens (tertiary/aromatic N) is 3. The number of aromatic nitrogens is 1. The molecular weight excluding hydrogens is 737 g/mol. The van der Waals surface area contributed by atoms with E-state index in [1.165, 1.54) is 28.3 Å². The zero-order chi connectivity index (χ0) is 40.2. The number of piperidine rings is 1. The average molecular weight is 773 g/mol. The van der Waals surface area contributed by atoms with E-state index in [0.717, 1.165) is 11.1 Å². The molecule has 6 aromatic rings. The van der Waals surface area contributed by atoms with Gasteiger partial charge in [-0.3, -0.25) is 44.0 Å². The predicted molar refractivity (Wildman–Crippen MR) is 213 cm³/mol. The van der Waals surface area contributed by atoms with Crippen LogP contribution in [0.2, 0.25) is 0 Å². The summed E-state index contributed by atoms with van der Waals surface area (Å²) in [4.78, 5) is 88.8. The Morgan fingerprint density at radius 3 is 2.19 bits per heavy atom. The molecule has 3 unspecified atom stereocenters. The minimum atomic E-state index is -1.34. The van der Waals surface area contributed by atoms with E-state index < -0.39 is 53.6 Å². The molecular formula is C45H36N6O7. The number of carbonyl (C=O) groups is 6. The second-order valence-corrected chi connectivity index (χ2v) is 13.8. The van der Waals surface area contributed by atoms with Gasteiger partial charge in [-0.05, 0) is 65.6 Å². The molecule has 2 aromatic heterocycles. The summed E-state index contributed by atoms with van der Waals surface area (Å²) in [6, 6.07) is 33.4. The SMILES string of the molecule is O=C1CCC(N2Cc3c(NC(=O)C(NC(=O)C(c4cccnc4)N(C(=O)c4ccco4)c4ccc(-c5ccccc5)cc4)c4ccccc4)cccc3C2=O)C(=O)N1. The van der Waals surface area contributed by atoms with Crippen LogP contribution in [-0.2, 0) is 25.7 Å². The summed E-state index contributed by atoms with van der Waals surface area (Å²) in [5, 5.41) is 8.14. The van der Waals surface area contributed by atoms with Gasteiger partial charge in [0.1, 0.15) is 18.1 Å². The maximum absolute atomic E-state index is 14.9. The number of hydrogen-bond donors (Lipinski definition) is 3. The lowest BCUT2D eigenvalue weighted by molar-refractivity contribution is -0.137. The maximum atomic E-state index is 14.9. The first-order valence-electron chi connectivity index (χ1n) is 18.6. The van der Waals surface area contributed by atoms with Crippen molar-refractivity contribution in [3.05, 3.63) is 174 Å². The summed E-state index contributed by atoms with van der Waals surface area (Å²) in [6.07, 6.45) is 4.69. The highest BCUT2D eigenvalue weighted by Gasteiger charge is 2.41. The van der Waals surface area contributed by atoms with Gasteiger partial charge in [0.15, 0.2) is 5.76 Å². The zero-order valence-electron chi connectivity index (χ0n) is 30.9. The van der Waals surface area contributed by atoms with E-state index in [1.54, 1.807) is 85.1 Å². The molecule has 13 nitrogen and oxygen atoms in total. The number of nitrogens with one attached hydrogen (secondary N) is 3. The highest BCUT2D eigenvalue weighted by Crippen LogP contribution is 2.35. The second kappa shape index (κ2) is 16.2. The number of hydrogen-bond acceptors (Lipinski definition) is 8. The van der Waals surface area contributed by atoms with E-state index >= 15 is 0 Å². The molecule has 0 bridgehead atoms. The lowest BCUT2D eigenvalue weighted by Gasteiger charge is -2.32. The Labute approximate surface area is 332 Å². The van der Waals surface area contributed by atoms with Gasteiger partial charge < -0.3 is 20.0 Å². The number of anilines is 2. The van der Waals surface area contributed by atoms with Crippen LogP contribution in [0.15, 0.2) is 150 Å². The van der Waals surface area contributed by atoms with Gasteiger partial charge in [0.25, 0.3) is 17.7 Å². The molecule has 0 radical (unpaired) electrons. The number of amides is 6. The van der Waals surface area contributed by atoms with Crippen LogP contribution in [-0.4, -0.2) is 51.4 Å². The van der Waals surface area contributed by atoms with Gasteiger partial charge in [-0.2, -0.15) is 0 Å². The Bertz CT molecular complexity index is 2490. The smallest absolute Gasteiger partial charge is 0.294 e. The first-order chi connectivity index (χ1) is 28.3. The normalized spacial score (nSPS) is 15.8. The van der Waals surface area contributed by atoms with E-state index in [4.69, 9.17) is 4.42 Å². The van der Waals surface area contributed by atoms with Crippen molar-refractivity contribution in [3.8, 4) is 11.1 Å². The summed E-state index contributed by atoms with van der Waals surface area (Å²) < 4.78 is 5.55. The molecule has 2 aliphatic rings. The van der Waals surface area contributed by atoms with Crippen LogP contribution in [0.4, 0.5) is 11.4 Å². The number of imide groups is 1. The third-order valence-electron chi connectivity index (χ3n) is 10.2. The molecule has 1 fully saturated rings. The summed E-state index contributed by atoms with van der Waals surface area (Å²) in [7, 11) is 0. The van der Waals surface area contributed by atoms with Gasteiger partial charge >= 0.3 is 0 Å². The molecule has 4 aromatic carbocycles. The highest BCUT2D eigenvalue weighted by molar-refractivity contribution is 6.10. The summed E-state index contributed by atoms with van der Waals surface area (Å²) >= 11 is 0. The van der Waals surface area contributed by atoms with E-state index in [2.05, 4.69) is 20.9 Å². The minimum Gasteiger partial charge on any atom is -0.459 e. The molecule has 3 N–H and O–H groups in total. The molecule has 13 heteroatoms. The highest BCUT2D eigenvalue weighted by atomic mass is 16.3. The van der Waals surface area contributed by atoms with Crippen molar-refractivity contribution in [2.24, 2.45) is 0 Å². The van der Waals surface area contributed by atoms with Crippen molar-refractivity contribution in [2.45, 2.75) is 37.5 Å². The summed E-state index contributed by atoms with van der Waals surface area (Å²) in [5.41, 5.74) is 4.18. The lowest BCUT2D eigenvalue weighted by atomic mass is 10.0. The van der Waals surface area contributed by atoms with Crippen LogP contribution >= 0.6 is 0 Å². The molecule has 288 valence electrons. The molecule has 8 rings (SSSR count). The standard InChI is InChI=1S/C45H36N6O7/c52-38-23-22-36(41(53)48-38)50-27-34-33(44(50)56)15-7-16-35(34)47-42(54)39(30-12-5-2-6-13-30)49-43(55)40(31-14-8-24-46-26-31)51(45(57)37-17-9-25-58-37)32-20-18-29(19-21-32)28-10-3-1-4-11-28/h1-21,24-26,36,39-40H,22-23,27H2,(H,47,54)(H,49,55)(H,48,52,53). The largest absolute Gasteiger partial charge is 0.459 e. The van der Waals surface area contributed by atoms with Crippen molar-refractivity contribution in [3.63, 3.8) is 0 Å². The molecule has 0 aliphatic carbocycles. The average Bonchev–Trinajstić information content (AvgIpc) is 3.92. The monoisotopic (exact) mass is 772 g/mol. The third-order valence-corrected chi connectivity index (χ3v) is 10.2. The van der Waals surface area contributed by atoms with Gasteiger partial charge in [-0.25, -0.2) is 0 Å². The fraction of sp³-hybridized carbons (Fsp3) is 0.133. The molecule has 6 amide bonds. The van der Waals surface area contributed by atoms with Crippen LogP contribution < -0.4 is 20.9 Å². The lowest BCUT2D eigenvalue weighted by Crippen LogP contribution is -2.52. The summed E-state index contributed by atoms with van der Waals surface area (Å²) in [6.45, 7) is 0.0231. The summed E-state index contributed by atoms with van der Waals surface area (Å²) in [5.74, 6) is -3.28. The molecule has 4 heterocycles. The Morgan fingerprint density at radius 2 is 1.50 bits per heavy atom. The number of rotatable bonds is 11. The Balaban J connectivity index is 1.13.